The van der Waals surface area contributed by atoms with E-state index >= 15 is 0 Å². The van der Waals surface area contributed by atoms with E-state index in [1.165, 1.54) is 11.3 Å². The number of aromatic nitrogens is 1. The van der Waals surface area contributed by atoms with Gasteiger partial charge in [-0.1, -0.05) is 20.8 Å². The molecule has 2 aliphatic rings. The van der Waals surface area contributed by atoms with Crippen LogP contribution in [0.5, 0.6) is 0 Å². The number of hydrogen-bond acceptors (Lipinski definition) is 2. The quantitative estimate of drug-likeness (QED) is 0.558. The summed E-state index contributed by atoms with van der Waals surface area (Å²) in [7, 11) is 0. The zero-order valence-corrected chi connectivity index (χ0v) is 7.66. The number of fused-ring (bicyclic) bond motifs is 1. The van der Waals surface area contributed by atoms with Crippen molar-refractivity contribution in [1.29, 1.82) is 0 Å². The van der Waals surface area contributed by atoms with Gasteiger partial charge in [-0.25, -0.2) is 0 Å². The Balaban J connectivity index is 0.000000120. The van der Waals surface area contributed by atoms with E-state index in [0.29, 0.717) is 0 Å². The summed E-state index contributed by atoms with van der Waals surface area (Å²) in [4.78, 5) is 13.7. The van der Waals surface area contributed by atoms with Crippen LogP contribution in [0.1, 0.15) is 20.8 Å². The van der Waals surface area contributed by atoms with Gasteiger partial charge in [-0.3, -0.25) is 4.98 Å². The molecule has 0 aromatic carbocycles. The van der Waals surface area contributed by atoms with E-state index in [2.05, 4.69) is 11.1 Å². The first kappa shape index (κ1) is 8.91. The highest BCUT2D eigenvalue weighted by Crippen LogP contribution is 2.25. The summed E-state index contributed by atoms with van der Waals surface area (Å²) in [6.07, 6.45) is 2.81. The minimum atomic E-state index is -0.139. The first-order valence-electron chi connectivity index (χ1n) is 3.96. The average Bonchev–Trinajstić information content (AvgIpc) is 1.96. The largest absolute Gasteiger partial charge is 0.303 e. The lowest BCUT2D eigenvalue weighted by molar-refractivity contribution is -0.113. The Labute approximate surface area is 72.6 Å². The third-order valence-electron chi connectivity index (χ3n) is 1.41. The topological polar surface area (TPSA) is 30.0 Å². The monoisotopic (exact) mass is 163 g/mol. The molecule has 0 N–H and O–H groups in total. The molecule has 0 spiro atoms. The Kier molecular flexibility index (Phi) is 2.27. The van der Waals surface area contributed by atoms with Crippen molar-refractivity contribution in [2.24, 2.45) is 5.41 Å². The molecule has 0 atom stereocenters. The molecular formula is C10H13NO. The highest BCUT2D eigenvalue weighted by atomic mass is 16.1. The molecule has 0 aromatic heterocycles. The third kappa shape index (κ3) is 2.16. The second kappa shape index (κ2) is 3.05. The van der Waals surface area contributed by atoms with Crippen LogP contribution >= 0.6 is 0 Å². The van der Waals surface area contributed by atoms with E-state index in [1.54, 1.807) is 0 Å². The van der Waals surface area contributed by atoms with Crippen LogP contribution < -0.4 is 0 Å². The molecule has 1 aliphatic carbocycles. The molecule has 1 aliphatic heterocycles. The van der Waals surface area contributed by atoms with E-state index < -0.39 is 0 Å². The van der Waals surface area contributed by atoms with Crippen molar-refractivity contribution in [3.63, 3.8) is 0 Å². The summed E-state index contributed by atoms with van der Waals surface area (Å²) in [5.41, 5.74) is 2.35. The summed E-state index contributed by atoms with van der Waals surface area (Å²) in [6.45, 7) is 5.62. The summed E-state index contributed by atoms with van der Waals surface area (Å²) in [6, 6.07) is 4.07. The van der Waals surface area contributed by atoms with E-state index in [9.17, 15) is 4.79 Å². The molecule has 2 heteroatoms. The summed E-state index contributed by atoms with van der Waals surface area (Å²) >= 11 is 0. The van der Waals surface area contributed by atoms with Gasteiger partial charge < -0.3 is 4.79 Å². The van der Waals surface area contributed by atoms with Crippen molar-refractivity contribution >= 4 is 6.29 Å². The number of hydrogen-bond donors (Lipinski definition) is 0. The molecule has 0 amide bonds. The summed E-state index contributed by atoms with van der Waals surface area (Å²) in [5, 5.41) is 0. The minimum absolute atomic E-state index is 0.139. The number of carbonyl (C=O) groups is 1. The zero-order valence-electron chi connectivity index (χ0n) is 7.66. The summed E-state index contributed by atoms with van der Waals surface area (Å²) < 4.78 is 0. The van der Waals surface area contributed by atoms with Crippen molar-refractivity contribution in [1.82, 2.24) is 4.98 Å². The molecule has 2 rings (SSSR count). The second-order valence-corrected chi connectivity index (χ2v) is 3.92. The van der Waals surface area contributed by atoms with Crippen molar-refractivity contribution in [3.05, 3.63) is 18.3 Å². The molecule has 0 saturated heterocycles. The van der Waals surface area contributed by atoms with Gasteiger partial charge in [-0.05, 0) is 12.1 Å². The lowest BCUT2D eigenvalue weighted by Gasteiger charge is -2.08. The fraction of sp³-hybridized carbons (Fsp3) is 0.400. The van der Waals surface area contributed by atoms with Gasteiger partial charge >= 0.3 is 0 Å². The lowest BCUT2D eigenvalue weighted by Crippen LogP contribution is -2.04. The van der Waals surface area contributed by atoms with Gasteiger partial charge in [0.15, 0.2) is 0 Å². The van der Waals surface area contributed by atoms with Crippen LogP contribution in [0.25, 0.3) is 11.3 Å². The lowest BCUT2D eigenvalue weighted by atomic mass is 10.0. The van der Waals surface area contributed by atoms with Gasteiger partial charge in [-0.2, -0.15) is 0 Å². The van der Waals surface area contributed by atoms with Gasteiger partial charge in [0.1, 0.15) is 6.29 Å². The van der Waals surface area contributed by atoms with Gasteiger partial charge in [0.25, 0.3) is 0 Å². The van der Waals surface area contributed by atoms with Crippen LogP contribution in [0.4, 0.5) is 0 Å². The average molecular weight is 163 g/mol. The molecule has 0 radical (unpaired) electrons. The van der Waals surface area contributed by atoms with Crippen molar-refractivity contribution in [2.45, 2.75) is 20.8 Å². The van der Waals surface area contributed by atoms with Crippen molar-refractivity contribution < 1.29 is 4.79 Å². The first-order valence-corrected chi connectivity index (χ1v) is 3.96. The Hall–Kier alpha value is -1.18. The molecule has 0 saturated carbocycles. The SMILES string of the molecule is CC(C)(C)C=O.c1cc2ncc1-2. The van der Waals surface area contributed by atoms with Gasteiger partial charge in [0, 0.05) is 17.2 Å². The van der Waals surface area contributed by atoms with Crippen LogP contribution in [-0.4, -0.2) is 11.3 Å². The van der Waals surface area contributed by atoms with Gasteiger partial charge in [0.2, 0.25) is 0 Å². The molecule has 0 aromatic rings. The maximum Gasteiger partial charge on any atom is 0.125 e. The van der Waals surface area contributed by atoms with Crippen LogP contribution in [0.3, 0.4) is 0 Å². The molecule has 0 bridgehead atoms. The predicted octanol–water partition coefficient (Wildman–Crippen LogP) is 2.29. The highest BCUT2D eigenvalue weighted by Gasteiger charge is 2.06. The Morgan fingerprint density at radius 2 is 1.83 bits per heavy atom. The number of pyridine rings is 1. The third-order valence-corrected chi connectivity index (χ3v) is 1.41. The number of aldehydes is 1. The number of rotatable bonds is 0. The van der Waals surface area contributed by atoms with E-state index in [-0.39, 0.29) is 5.41 Å². The van der Waals surface area contributed by atoms with E-state index in [0.717, 1.165) is 6.29 Å². The van der Waals surface area contributed by atoms with Crippen LogP contribution in [0.2, 0.25) is 0 Å². The smallest absolute Gasteiger partial charge is 0.125 e. The molecule has 0 unspecified atom stereocenters. The first-order chi connectivity index (χ1) is 5.53. The van der Waals surface area contributed by atoms with Crippen molar-refractivity contribution in [3.8, 4) is 11.3 Å². The van der Waals surface area contributed by atoms with Crippen LogP contribution in [0.15, 0.2) is 18.3 Å². The molecule has 0 fully saturated rings. The minimum Gasteiger partial charge on any atom is -0.303 e. The Morgan fingerprint density at radius 3 is 1.83 bits per heavy atom. The van der Waals surface area contributed by atoms with Crippen molar-refractivity contribution in [2.75, 3.05) is 0 Å². The molecule has 64 valence electrons. The fourth-order valence-electron chi connectivity index (χ4n) is 0.554. The van der Waals surface area contributed by atoms with E-state index in [1.807, 2.05) is 33.0 Å². The van der Waals surface area contributed by atoms with Gasteiger partial charge in [0.05, 0.1) is 5.69 Å². The second-order valence-electron chi connectivity index (χ2n) is 3.92. The normalized spacial score (nSPS) is 11.2. The standard InChI is InChI=1S/C5H3N.C5H10O/c1-2-5-4(1)3-6-5;1-5(2,3)4-6/h1-3H;4H,1-3H3. The number of nitrogens with zero attached hydrogens (tertiary/aromatic N) is 1. The molecular weight excluding hydrogens is 150 g/mol. The predicted molar refractivity (Wildman–Crippen MR) is 48.8 cm³/mol. The molecule has 2 nitrogen and oxygen atoms in total. The molecule has 12 heavy (non-hydrogen) atoms. The van der Waals surface area contributed by atoms with E-state index in [4.69, 9.17) is 0 Å². The number of carbonyl (C=O) groups excluding carboxylic acids is 1. The van der Waals surface area contributed by atoms with Crippen LogP contribution in [0, 0.1) is 5.41 Å². The Bertz CT molecular complexity index is 248. The zero-order chi connectivity index (χ0) is 9.19. The van der Waals surface area contributed by atoms with Gasteiger partial charge in [-0.15, -0.1) is 0 Å². The maximum absolute atomic E-state index is 9.83. The Morgan fingerprint density at radius 1 is 1.33 bits per heavy atom. The highest BCUT2D eigenvalue weighted by molar-refractivity contribution is 5.68. The fourth-order valence-corrected chi connectivity index (χ4v) is 0.554. The summed E-state index contributed by atoms with van der Waals surface area (Å²) in [5.74, 6) is 0. The molecule has 1 heterocycles. The van der Waals surface area contributed by atoms with Crippen LogP contribution in [-0.2, 0) is 4.79 Å². The maximum atomic E-state index is 9.83.